The monoisotopic (exact) mass is 247 g/mol. The minimum atomic E-state index is 0.0928. The van der Waals surface area contributed by atoms with Gasteiger partial charge in [-0.3, -0.25) is 5.10 Å². The molecular formula is C13H17N3O2. The largest absolute Gasteiger partial charge is 0.377 e. The van der Waals surface area contributed by atoms with E-state index in [9.17, 15) is 0 Å². The predicted molar refractivity (Wildman–Crippen MR) is 68.0 cm³/mol. The van der Waals surface area contributed by atoms with Gasteiger partial charge in [0.05, 0.1) is 6.10 Å². The van der Waals surface area contributed by atoms with Crippen LogP contribution in [0.25, 0.3) is 11.4 Å². The maximum atomic E-state index is 5.26. The van der Waals surface area contributed by atoms with E-state index in [1.54, 1.807) is 14.2 Å². The summed E-state index contributed by atoms with van der Waals surface area (Å²) < 4.78 is 10.3. The number of nitrogens with zero attached hydrogens (tertiary/aromatic N) is 2. The third-order valence-electron chi connectivity index (χ3n) is 2.80. The summed E-state index contributed by atoms with van der Waals surface area (Å²) in [5.41, 5.74) is 2.11. The Morgan fingerprint density at radius 2 is 1.94 bits per heavy atom. The van der Waals surface area contributed by atoms with Gasteiger partial charge in [-0.25, -0.2) is 4.98 Å². The molecule has 0 aliphatic rings. The molecule has 2 rings (SSSR count). The van der Waals surface area contributed by atoms with E-state index in [-0.39, 0.29) is 6.10 Å². The molecule has 2 aromatic rings. The Bertz CT molecular complexity index is 493. The number of ether oxygens (including phenoxy) is 2. The quantitative estimate of drug-likeness (QED) is 0.880. The lowest BCUT2D eigenvalue weighted by atomic mass is 10.1. The molecule has 1 atom stereocenters. The van der Waals surface area contributed by atoms with Crippen LogP contribution in [0.2, 0.25) is 0 Å². The highest BCUT2D eigenvalue weighted by Gasteiger charge is 2.07. The maximum Gasteiger partial charge on any atom is 0.181 e. The molecule has 0 aliphatic heterocycles. The van der Waals surface area contributed by atoms with Crippen molar-refractivity contribution in [2.45, 2.75) is 19.6 Å². The molecule has 5 nitrogen and oxygen atoms in total. The summed E-state index contributed by atoms with van der Waals surface area (Å²) in [5, 5.41) is 7.00. The Kier molecular flexibility index (Phi) is 4.07. The van der Waals surface area contributed by atoms with Crippen LogP contribution in [0.5, 0.6) is 0 Å². The Labute approximate surface area is 106 Å². The fraction of sp³-hybridized carbons (Fsp3) is 0.385. The van der Waals surface area contributed by atoms with Crippen molar-refractivity contribution in [1.29, 1.82) is 0 Å². The van der Waals surface area contributed by atoms with Gasteiger partial charge in [0.1, 0.15) is 6.61 Å². The summed E-state index contributed by atoms with van der Waals surface area (Å²) in [6.07, 6.45) is 0.0928. The van der Waals surface area contributed by atoms with Crippen LogP contribution in [0.1, 0.15) is 24.4 Å². The van der Waals surface area contributed by atoms with Gasteiger partial charge < -0.3 is 9.47 Å². The van der Waals surface area contributed by atoms with E-state index >= 15 is 0 Å². The number of methoxy groups -OCH3 is 2. The van der Waals surface area contributed by atoms with Gasteiger partial charge in [-0.15, -0.1) is 0 Å². The smallest absolute Gasteiger partial charge is 0.181 e. The van der Waals surface area contributed by atoms with Crippen LogP contribution in [-0.4, -0.2) is 29.4 Å². The van der Waals surface area contributed by atoms with Crippen LogP contribution in [0.3, 0.4) is 0 Å². The van der Waals surface area contributed by atoms with E-state index < -0.39 is 0 Å². The molecule has 0 amide bonds. The molecule has 1 aromatic heterocycles. The minimum absolute atomic E-state index is 0.0928. The molecule has 0 saturated heterocycles. The van der Waals surface area contributed by atoms with Crippen LogP contribution < -0.4 is 0 Å². The van der Waals surface area contributed by atoms with E-state index in [2.05, 4.69) is 15.2 Å². The second-order valence-corrected chi connectivity index (χ2v) is 4.04. The third kappa shape index (κ3) is 2.75. The topological polar surface area (TPSA) is 60.0 Å². The van der Waals surface area contributed by atoms with Gasteiger partial charge in [-0.05, 0) is 12.5 Å². The SMILES string of the molecule is COCc1nc(-c2ccc(C(C)OC)cc2)n[nH]1. The summed E-state index contributed by atoms with van der Waals surface area (Å²) in [5.74, 6) is 1.40. The number of aromatic nitrogens is 3. The summed E-state index contributed by atoms with van der Waals surface area (Å²) in [6, 6.07) is 8.03. The molecule has 96 valence electrons. The van der Waals surface area contributed by atoms with E-state index in [0.717, 1.165) is 17.0 Å². The van der Waals surface area contributed by atoms with E-state index in [1.165, 1.54) is 0 Å². The molecule has 0 bridgehead atoms. The number of benzene rings is 1. The van der Waals surface area contributed by atoms with Crippen LogP contribution >= 0.6 is 0 Å². The average Bonchev–Trinajstić information content (AvgIpc) is 2.87. The number of aromatic amines is 1. The van der Waals surface area contributed by atoms with Gasteiger partial charge in [0, 0.05) is 19.8 Å². The molecule has 1 N–H and O–H groups in total. The summed E-state index contributed by atoms with van der Waals surface area (Å²) in [7, 11) is 3.33. The Morgan fingerprint density at radius 3 is 2.56 bits per heavy atom. The number of hydrogen-bond donors (Lipinski definition) is 1. The van der Waals surface area contributed by atoms with E-state index in [4.69, 9.17) is 9.47 Å². The molecule has 1 heterocycles. The van der Waals surface area contributed by atoms with Crippen LogP contribution in [0.4, 0.5) is 0 Å². The molecule has 1 unspecified atom stereocenters. The Morgan fingerprint density at radius 1 is 1.22 bits per heavy atom. The Balaban J connectivity index is 2.17. The molecule has 0 aliphatic carbocycles. The van der Waals surface area contributed by atoms with Gasteiger partial charge in [0.2, 0.25) is 0 Å². The van der Waals surface area contributed by atoms with Crippen molar-refractivity contribution in [3.8, 4) is 11.4 Å². The van der Waals surface area contributed by atoms with Gasteiger partial charge >= 0.3 is 0 Å². The van der Waals surface area contributed by atoms with Crippen molar-refractivity contribution in [3.63, 3.8) is 0 Å². The second-order valence-electron chi connectivity index (χ2n) is 4.04. The first-order valence-corrected chi connectivity index (χ1v) is 5.78. The first-order valence-electron chi connectivity index (χ1n) is 5.78. The van der Waals surface area contributed by atoms with Gasteiger partial charge in [0.25, 0.3) is 0 Å². The molecule has 0 spiro atoms. The fourth-order valence-corrected chi connectivity index (χ4v) is 1.66. The normalized spacial score (nSPS) is 12.6. The zero-order valence-corrected chi connectivity index (χ0v) is 10.8. The molecule has 1 aromatic carbocycles. The zero-order chi connectivity index (χ0) is 13.0. The van der Waals surface area contributed by atoms with Crippen molar-refractivity contribution in [3.05, 3.63) is 35.7 Å². The fourth-order valence-electron chi connectivity index (χ4n) is 1.66. The predicted octanol–water partition coefficient (Wildman–Crippen LogP) is 2.33. The van der Waals surface area contributed by atoms with Crippen molar-refractivity contribution < 1.29 is 9.47 Å². The van der Waals surface area contributed by atoms with Gasteiger partial charge in [-0.1, -0.05) is 24.3 Å². The highest BCUT2D eigenvalue weighted by molar-refractivity contribution is 5.55. The minimum Gasteiger partial charge on any atom is -0.377 e. The maximum absolute atomic E-state index is 5.26. The molecular weight excluding hydrogens is 230 g/mol. The first kappa shape index (κ1) is 12.7. The van der Waals surface area contributed by atoms with Crippen molar-refractivity contribution in [1.82, 2.24) is 15.2 Å². The third-order valence-corrected chi connectivity index (χ3v) is 2.80. The zero-order valence-electron chi connectivity index (χ0n) is 10.8. The summed E-state index contributed by atoms with van der Waals surface area (Å²) in [4.78, 5) is 4.34. The number of H-pyrrole nitrogens is 1. The molecule has 5 heteroatoms. The number of rotatable bonds is 5. The van der Waals surface area contributed by atoms with Crippen molar-refractivity contribution in [2.75, 3.05) is 14.2 Å². The average molecular weight is 247 g/mol. The lowest BCUT2D eigenvalue weighted by Gasteiger charge is -2.09. The highest BCUT2D eigenvalue weighted by atomic mass is 16.5. The molecule has 0 radical (unpaired) electrons. The summed E-state index contributed by atoms with van der Waals surface area (Å²) in [6.45, 7) is 2.45. The molecule has 18 heavy (non-hydrogen) atoms. The first-order chi connectivity index (χ1) is 8.74. The van der Waals surface area contributed by atoms with Crippen LogP contribution in [0.15, 0.2) is 24.3 Å². The van der Waals surface area contributed by atoms with Crippen molar-refractivity contribution in [2.24, 2.45) is 0 Å². The number of hydrogen-bond acceptors (Lipinski definition) is 4. The van der Waals surface area contributed by atoms with E-state index in [0.29, 0.717) is 12.4 Å². The summed E-state index contributed by atoms with van der Waals surface area (Å²) >= 11 is 0. The lowest BCUT2D eigenvalue weighted by Crippen LogP contribution is -1.95. The van der Waals surface area contributed by atoms with Crippen LogP contribution in [-0.2, 0) is 16.1 Å². The standard InChI is InChI=1S/C13H17N3O2/c1-9(18-3)10-4-6-11(7-5-10)13-14-12(8-17-2)15-16-13/h4-7,9H,8H2,1-3H3,(H,14,15,16). The number of nitrogens with one attached hydrogen (secondary N) is 1. The van der Waals surface area contributed by atoms with Crippen molar-refractivity contribution >= 4 is 0 Å². The van der Waals surface area contributed by atoms with Gasteiger partial charge in [-0.2, -0.15) is 5.10 Å². The highest BCUT2D eigenvalue weighted by Crippen LogP contribution is 2.20. The van der Waals surface area contributed by atoms with Gasteiger partial charge in [0.15, 0.2) is 11.6 Å². The molecule has 0 saturated carbocycles. The second kappa shape index (κ2) is 5.75. The molecule has 0 fully saturated rings. The Hall–Kier alpha value is -1.72. The van der Waals surface area contributed by atoms with E-state index in [1.807, 2.05) is 31.2 Å². The van der Waals surface area contributed by atoms with Crippen LogP contribution in [0, 0.1) is 0 Å². The lowest BCUT2D eigenvalue weighted by molar-refractivity contribution is 0.119.